The Kier molecular flexibility index (Phi) is 5.65. The van der Waals surface area contributed by atoms with Gasteiger partial charge in [-0.1, -0.05) is 6.07 Å². The molecule has 0 aliphatic rings. The number of hydrogen-bond acceptors (Lipinski definition) is 8. The standard InChI is InChI=1S/C18H14N2O10S2/c1-9-2-3-10(6-15(9)20(23)24)18(22)19-14-7-12(31(25,26)27)4-11-5-13(32(28,29)30)8-16(21)17(11)14/h2-8,21H,1H3,(H,19,22)(H,25,26,27)(H,28,29,30). The van der Waals surface area contributed by atoms with Crippen LogP contribution in [0.15, 0.2) is 52.3 Å². The predicted molar refractivity (Wildman–Crippen MR) is 111 cm³/mol. The molecule has 0 aliphatic heterocycles. The average molecular weight is 482 g/mol. The Labute approximate surface area is 180 Å². The van der Waals surface area contributed by atoms with Crippen molar-refractivity contribution in [3.63, 3.8) is 0 Å². The highest BCUT2D eigenvalue weighted by molar-refractivity contribution is 7.86. The fourth-order valence-electron chi connectivity index (χ4n) is 2.98. The lowest BCUT2D eigenvalue weighted by Crippen LogP contribution is -2.13. The molecule has 12 nitrogen and oxygen atoms in total. The van der Waals surface area contributed by atoms with E-state index < -0.39 is 46.6 Å². The lowest BCUT2D eigenvalue weighted by molar-refractivity contribution is -0.385. The molecule has 0 unspecified atom stereocenters. The number of hydrogen-bond donors (Lipinski definition) is 4. The Bertz CT molecular complexity index is 1510. The quantitative estimate of drug-likeness (QED) is 0.238. The molecule has 0 fully saturated rings. The molecule has 3 aromatic rings. The van der Waals surface area contributed by atoms with Crippen LogP contribution in [0.5, 0.6) is 5.75 Å². The summed E-state index contributed by atoms with van der Waals surface area (Å²) in [6.45, 7) is 1.47. The number of anilines is 1. The molecular weight excluding hydrogens is 468 g/mol. The smallest absolute Gasteiger partial charge is 0.294 e. The van der Waals surface area contributed by atoms with E-state index in [0.717, 1.165) is 24.3 Å². The lowest BCUT2D eigenvalue weighted by Gasteiger charge is -2.13. The Balaban J connectivity index is 2.22. The number of carbonyl (C=O) groups excluding carboxylic acids is 1. The van der Waals surface area contributed by atoms with Crippen molar-refractivity contribution in [2.24, 2.45) is 0 Å². The topological polar surface area (TPSA) is 201 Å². The minimum atomic E-state index is -4.84. The number of phenolic OH excluding ortho intramolecular Hbond substituents is 1. The van der Waals surface area contributed by atoms with Crippen LogP contribution in [0.4, 0.5) is 11.4 Å². The molecule has 0 radical (unpaired) electrons. The van der Waals surface area contributed by atoms with Crippen LogP contribution in [-0.2, 0) is 20.2 Å². The van der Waals surface area contributed by atoms with Gasteiger partial charge in [-0.15, -0.1) is 0 Å². The maximum Gasteiger partial charge on any atom is 0.294 e. The third kappa shape index (κ3) is 4.52. The van der Waals surface area contributed by atoms with Crippen LogP contribution < -0.4 is 5.32 Å². The molecule has 14 heteroatoms. The van der Waals surface area contributed by atoms with Gasteiger partial charge in [-0.05, 0) is 36.6 Å². The van der Waals surface area contributed by atoms with Crippen molar-refractivity contribution in [3.8, 4) is 5.75 Å². The molecule has 0 saturated heterocycles. The summed E-state index contributed by atoms with van der Waals surface area (Å²) in [4.78, 5) is 21.6. The van der Waals surface area contributed by atoms with Gasteiger partial charge >= 0.3 is 0 Å². The van der Waals surface area contributed by atoms with Gasteiger partial charge in [0, 0.05) is 28.6 Å². The fraction of sp³-hybridized carbons (Fsp3) is 0.0556. The van der Waals surface area contributed by atoms with Crippen LogP contribution in [0, 0.1) is 17.0 Å². The highest BCUT2D eigenvalue weighted by Gasteiger charge is 2.22. The summed E-state index contributed by atoms with van der Waals surface area (Å²) >= 11 is 0. The van der Waals surface area contributed by atoms with E-state index >= 15 is 0 Å². The van der Waals surface area contributed by atoms with Crippen LogP contribution in [0.3, 0.4) is 0 Å². The van der Waals surface area contributed by atoms with Crippen LogP contribution in [0.25, 0.3) is 10.8 Å². The van der Waals surface area contributed by atoms with E-state index in [1.54, 1.807) is 0 Å². The zero-order chi connectivity index (χ0) is 24.0. The number of rotatable bonds is 5. The number of carbonyl (C=O) groups is 1. The number of aryl methyl sites for hydroxylation is 1. The number of nitro groups is 1. The minimum absolute atomic E-state index is 0.165. The number of benzene rings is 3. The molecule has 0 heterocycles. The summed E-state index contributed by atoms with van der Waals surface area (Å²) in [6, 6.07) is 6.74. The number of phenols is 1. The van der Waals surface area contributed by atoms with Crippen molar-refractivity contribution >= 4 is 48.3 Å². The van der Waals surface area contributed by atoms with E-state index in [9.17, 15) is 46.0 Å². The normalized spacial score (nSPS) is 12.0. The first-order valence-electron chi connectivity index (χ1n) is 8.50. The first-order chi connectivity index (χ1) is 14.7. The van der Waals surface area contributed by atoms with Crippen molar-refractivity contribution in [1.82, 2.24) is 0 Å². The van der Waals surface area contributed by atoms with Gasteiger partial charge in [0.1, 0.15) is 5.75 Å². The van der Waals surface area contributed by atoms with Gasteiger partial charge in [-0.2, -0.15) is 16.8 Å². The summed E-state index contributed by atoms with van der Waals surface area (Å²) in [5, 5.41) is 23.2. The third-order valence-electron chi connectivity index (χ3n) is 4.49. The molecule has 1 amide bonds. The van der Waals surface area contributed by atoms with Crippen LogP contribution >= 0.6 is 0 Å². The molecule has 3 aromatic carbocycles. The maximum absolute atomic E-state index is 12.7. The van der Waals surface area contributed by atoms with Crippen molar-refractivity contribution in [2.75, 3.05) is 5.32 Å². The Morgan fingerprint density at radius 3 is 2.06 bits per heavy atom. The fourth-order valence-corrected chi connectivity index (χ4v) is 4.06. The van der Waals surface area contributed by atoms with Crippen LogP contribution in [0.2, 0.25) is 0 Å². The highest BCUT2D eigenvalue weighted by atomic mass is 32.2. The van der Waals surface area contributed by atoms with E-state index in [4.69, 9.17) is 0 Å². The molecule has 0 aliphatic carbocycles. The zero-order valence-electron chi connectivity index (χ0n) is 16.0. The molecule has 0 saturated carbocycles. The van der Waals surface area contributed by atoms with Gasteiger partial charge in [-0.3, -0.25) is 24.0 Å². The Hall–Kier alpha value is -3.59. The largest absolute Gasteiger partial charge is 0.507 e. The summed E-state index contributed by atoms with van der Waals surface area (Å²) < 4.78 is 64.8. The molecule has 4 N–H and O–H groups in total. The number of aromatic hydroxyl groups is 1. The van der Waals surface area contributed by atoms with Crippen LogP contribution in [-0.4, -0.2) is 41.9 Å². The van der Waals surface area contributed by atoms with Crippen molar-refractivity contribution in [1.29, 1.82) is 0 Å². The first kappa shape index (κ1) is 23.1. The maximum atomic E-state index is 12.7. The summed E-state index contributed by atoms with van der Waals surface area (Å²) in [7, 11) is -9.62. The number of fused-ring (bicyclic) bond motifs is 1. The van der Waals surface area contributed by atoms with Gasteiger partial charge in [0.2, 0.25) is 0 Å². The molecule has 0 bridgehead atoms. The van der Waals surface area contributed by atoms with Crippen LogP contribution in [0.1, 0.15) is 15.9 Å². The third-order valence-corrected chi connectivity index (χ3v) is 6.15. The lowest BCUT2D eigenvalue weighted by atomic mass is 10.1. The number of nitrogens with zero attached hydrogens (tertiary/aromatic N) is 1. The minimum Gasteiger partial charge on any atom is -0.507 e. The number of nitro benzene ring substituents is 1. The molecular formula is C18H14N2O10S2. The second-order valence-corrected chi connectivity index (χ2v) is 9.52. The van der Waals surface area contributed by atoms with Gasteiger partial charge in [0.05, 0.1) is 20.4 Å². The molecule has 0 atom stereocenters. The van der Waals surface area contributed by atoms with E-state index in [-0.39, 0.29) is 27.7 Å². The Morgan fingerprint density at radius 2 is 1.53 bits per heavy atom. The van der Waals surface area contributed by atoms with E-state index in [0.29, 0.717) is 11.6 Å². The van der Waals surface area contributed by atoms with Gasteiger partial charge in [-0.25, -0.2) is 0 Å². The Morgan fingerprint density at radius 1 is 0.969 bits per heavy atom. The van der Waals surface area contributed by atoms with E-state index in [1.807, 2.05) is 0 Å². The summed E-state index contributed by atoms with van der Waals surface area (Å²) in [5.41, 5.74) is -0.555. The van der Waals surface area contributed by atoms with Gasteiger partial charge in [0.15, 0.2) is 0 Å². The van der Waals surface area contributed by atoms with Crippen molar-refractivity contribution in [3.05, 3.63) is 63.7 Å². The molecule has 168 valence electrons. The van der Waals surface area contributed by atoms with Crippen molar-refractivity contribution in [2.45, 2.75) is 16.7 Å². The predicted octanol–water partition coefficient (Wildman–Crippen LogP) is 2.51. The average Bonchev–Trinajstić information content (AvgIpc) is 2.66. The van der Waals surface area contributed by atoms with Gasteiger partial charge in [0.25, 0.3) is 31.8 Å². The van der Waals surface area contributed by atoms with E-state index in [1.165, 1.54) is 19.1 Å². The summed E-state index contributed by atoms with van der Waals surface area (Å²) in [6.07, 6.45) is 0. The summed E-state index contributed by atoms with van der Waals surface area (Å²) in [5.74, 6) is -1.65. The van der Waals surface area contributed by atoms with E-state index in [2.05, 4.69) is 5.32 Å². The second kappa shape index (κ2) is 7.83. The van der Waals surface area contributed by atoms with Crippen molar-refractivity contribution < 1.29 is 40.8 Å². The first-order valence-corrected chi connectivity index (χ1v) is 11.4. The monoisotopic (exact) mass is 482 g/mol. The highest BCUT2D eigenvalue weighted by Crippen LogP contribution is 2.37. The molecule has 0 spiro atoms. The van der Waals surface area contributed by atoms with Gasteiger partial charge < -0.3 is 10.4 Å². The number of nitrogens with one attached hydrogen (secondary N) is 1. The molecule has 32 heavy (non-hydrogen) atoms. The zero-order valence-corrected chi connectivity index (χ0v) is 17.6. The second-order valence-electron chi connectivity index (χ2n) is 6.67. The SMILES string of the molecule is Cc1ccc(C(=O)Nc2cc(S(=O)(=O)O)cc3cc(S(=O)(=O)O)cc(O)c23)cc1[N+](=O)[O-]. The molecule has 3 rings (SSSR count). The molecule has 0 aromatic heterocycles. The number of amides is 1.